The van der Waals surface area contributed by atoms with Crippen molar-refractivity contribution in [2.75, 3.05) is 34.0 Å². The Kier molecular flexibility index (Phi) is 8.68. The third kappa shape index (κ3) is 5.51. The first kappa shape index (κ1) is 21.1. The predicted octanol–water partition coefficient (Wildman–Crippen LogP) is 0.672. The maximum atomic E-state index is 12.1. The molecule has 1 N–H and O–H groups in total. The zero-order valence-electron chi connectivity index (χ0n) is 14.5. The summed E-state index contributed by atoms with van der Waals surface area (Å²) in [5.41, 5.74) is 0. The van der Waals surface area contributed by atoms with Gasteiger partial charge in [0.2, 0.25) is 5.79 Å². The third-order valence-electron chi connectivity index (χ3n) is 3.55. The van der Waals surface area contributed by atoms with Crippen LogP contribution in [-0.4, -0.2) is 70.8 Å². The monoisotopic (exact) mass is 354 g/mol. The van der Waals surface area contributed by atoms with Crippen LogP contribution in [0.4, 0.5) is 0 Å². The van der Waals surface area contributed by atoms with Gasteiger partial charge in [-0.3, -0.25) is 9.05 Å². The molecule has 136 valence electrons. The molecule has 1 aliphatic rings. The Hall–Kier alpha value is 0.0149. The van der Waals surface area contributed by atoms with Crippen molar-refractivity contribution in [2.24, 2.45) is 0 Å². The number of phosphoric ester groups is 1. The summed E-state index contributed by atoms with van der Waals surface area (Å²) in [5.74, 6) is -1.33. The summed E-state index contributed by atoms with van der Waals surface area (Å²) in [6.45, 7) is 4.48. The average molecular weight is 354 g/mol. The van der Waals surface area contributed by atoms with E-state index in [-0.39, 0.29) is 13.2 Å². The van der Waals surface area contributed by atoms with Crippen LogP contribution in [0.15, 0.2) is 0 Å². The van der Waals surface area contributed by atoms with Crippen LogP contribution in [0.3, 0.4) is 0 Å². The number of ether oxygens (including phenoxy) is 4. The molecule has 0 saturated carbocycles. The molecule has 1 rings (SSSR count). The lowest BCUT2D eigenvalue weighted by Gasteiger charge is -2.33. The van der Waals surface area contributed by atoms with E-state index in [1.54, 1.807) is 7.85 Å². The molecule has 5 atom stereocenters. The maximum absolute atomic E-state index is 12.1. The van der Waals surface area contributed by atoms with E-state index < -0.39 is 31.8 Å². The van der Waals surface area contributed by atoms with Gasteiger partial charge in [0.1, 0.15) is 20.6 Å². The Balaban J connectivity index is 2.95. The van der Waals surface area contributed by atoms with Crippen LogP contribution in [0, 0.1) is 0 Å². The number of methoxy groups -OCH3 is 2. The van der Waals surface area contributed by atoms with Crippen molar-refractivity contribution < 1.29 is 37.5 Å². The van der Waals surface area contributed by atoms with Crippen LogP contribution >= 0.6 is 7.82 Å². The van der Waals surface area contributed by atoms with Crippen LogP contribution in [0.2, 0.25) is 0 Å². The van der Waals surface area contributed by atoms with Crippen LogP contribution in [0.25, 0.3) is 0 Å². The Labute approximate surface area is 138 Å². The lowest BCUT2D eigenvalue weighted by atomic mass is 9.92. The van der Waals surface area contributed by atoms with E-state index >= 15 is 0 Å². The zero-order valence-corrected chi connectivity index (χ0v) is 15.4. The molecule has 0 radical (unpaired) electrons. The van der Waals surface area contributed by atoms with Crippen LogP contribution < -0.4 is 0 Å². The molecule has 1 fully saturated rings. The first-order chi connectivity index (χ1) is 10.9. The van der Waals surface area contributed by atoms with Crippen LogP contribution in [0.5, 0.6) is 0 Å². The van der Waals surface area contributed by atoms with Crippen molar-refractivity contribution >= 4 is 15.7 Å². The predicted molar refractivity (Wildman–Crippen MR) is 86.0 cm³/mol. The minimum Gasteiger partial charge on any atom is -0.377 e. The highest BCUT2D eigenvalue weighted by Gasteiger charge is 2.58. The number of hydrogen-bond acceptors (Lipinski definition) is 7. The van der Waals surface area contributed by atoms with Gasteiger partial charge in [0, 0.05) is 20.8 Å². The third-order valence-corrected chi connectivity index (χ3v) is 4.56. The molecule has 1 heterocycles. The number of hydrogen-bond donors (Lipinski definition) is 1. The summed E-state index contributed by atoms with van der Waals surface area (Å²) in [6, 6.07) is -0.402. The molecule has 10 heteroatoms. The van der Waals surface area contributed by atoms with Gasteiger partial charge >= 0.3 is 7.82 Å². The van der Waals surface area contributed by atoms with E-state index in [0.29, 0.717) is 13.0 Å². The summed E-state index contributed by atoms with van der Waals surface area (Å²) < 4.78 is 44.6. The molecule has 4 unspecified atom stereocenters. The highest BCUT2D eigenvalue weighted by atomic mass is 31.2. The van der Waals surface area contributed by atoms with Gasteiger partial charge in [0.15, 0.2) is 6.10 Å². The molecule has 0 aromatic heterocycles. The molecule has 1 saturated heterocycles. The molecule has 0 bridgehead atoms. The zero-order chi connectivity index (χ0) is 17.5. The summed E-state index contributed by atoms with van der Waals surface area (Å²) >= 11 is 0. The van der Waals surface area contributed by atoms with Gasteiger partial charge < -0.3 is 23.8 Å². The van der Waals surface area contributed by atoms with Crippen molar-refractivity contribution in [2.45, 2.75) is 50.7 Å². The summed E-state index contributed by atoms with van der Waals surface area (Å²) in [5, 5.41) is 0. The van der Waals surface area contributed by atoms with Crippen molar-refractivity contribution in [1.29, 1.82) is 0 Å². The lowest BCUT2D eigenvalue weighted by molar-refractivity contribution is -0.259. The molecule has 0 spiro atoms. The Bertz CT molecular complexity index is 398. The average Bonchev–Trinajstić information content (AvgIpc) is 2.77. The normalized spacial score (nSPS) is 33.7. The van der Waals surface area contributed by atoms with Crippen LogP contribution in [0.1, 0.15) is 26.7 Å². The van der Waals surface area contributed by atoms with Crippen LogP contribution in [-0.2, 0) is 32.6 Å². The second kappa shape index (κ2) is 9.49. The van der Waals surface area contributed by atoms with E-state index in [1.165, 1.54) is 14.2 Å². The van der Waals surface area contributed by atoms with Crippen molar-refractivity contribution in [3.05, 3.63) is 0 Å². The van der Waals surface area contributed by atoms with Crippen molar-refractivity contribution in [3.63, 3.8) is 0 Å². The largest absolute Gasteiger partial charge is 0.472 e. The van der Waals surface area contributed by atoms with E-state index in [1.807, 2.05) is 13.8 Å². The Morgan fingerprint density at radius 3 is 2.43 bits per heavy atom. The van der Waals surface area contributed by atoms with E-state index in [2.05, 4.69) is 0 Å². The Morgan fingerprint density at radius 2 is 1.91 bits per heavy atom. The molecular formula is C13H28BO8P. The minimum absolute atomic E-state index is 0.0555. The molecule has 1 aliphatic heterocycles. The number of rotatable bonds is 11. The summed E-state index contributed by atoms with van der Waals surface area (Å²) in [7, 11) is 0.432. The lowest BCUT2D eigenvalue weighted by Crippen LogP contribution is -2.50. The summed E-state index contributed by atoms with van der Waals surface area (Å²) in [4.78, 5) is 9.91. The second-order valence-electron chi connectivity index (χ2n) is 5.42. The molecule has 0 aromatic rings. The van der Waals surface area contributed by atoms with Gasteiger partial charge in [-0.2, -0.15) is 0 Å². The smallest absolute Gasteiger partial charge is 0.377 e. The maximum Gasteiger partial charge on any atom is 0.472 e. The first-order valence-electron chi connectivity index (χ1n) is 7.85. The van der Waals surface area contributed by atoms with Gasteiger partial charge in [-0.05, 0) is 12.8 Å². The standard InChI is InChI=1S/C13H28BO8P/c1-5-7-19-9-13(18-4)11(10(17-3)12(14)21-13)22-23(15,16)20-8-6-2/h10-12H,5-9,14H2,1-4H3,(H,15,16)/t10?,11?,12?,13-/m1/s1. The van der Waals surface area contributed by atoms with Gasteiger partial charge in [-0.1, -0.05) is 13.8 Å². The highest BCUT2D eigenvalue weighted by molar-refractivity contribution is 7.47. The van der Waals surface area contributed by atoms with Gasteiger partial charge in [0.25, 0.3) is 0 Å². The minimum atomic E-state index is -4.26. The fraction of sp³-hybridized carbons (Fsp3) is 1.00. The molecule has 8 nitrogen and oxygen atoms in total. The molecule has 23 heavy (non-hydrogen) atoms. The Morgan fingerprint density at radius 1 is 1.26 bits per heavy atom. The SMILES string of the molecule is BC1O[C@@](COCCC)(OC)C(OP(=O)(O)OCCC)C1OC. The highest BCUT2D eigenvalue weighted by Crippen LogP contribution is 2.50. The quantitative estimate of drug-likeness (QED) is 0.329. The molecule has 0 amide bonds. The molecular weight excluding hydrogens is 326 g/mol. The van der Waals surface area contributed by atoms with E-state index in [4.69, 9.17) is 28.0 Å². The molecule has 0 aliphatic carbocycles. The fourth-order valence-corrected chi connectivity index (χ4v) is 3.52. The molecule has 0 aromatic carbocycles. The van der Waals surface area contributed by atoms with Gasteiger partial charge in [0.05, 0.1) is 12.6 Å². The van der Waals surface area contributed by atoms with Gasteiger partial charge in [-0.15, -0.1) is 0 Å². The van der Waals surface area contributed by atoms with E-state index in [9.17, 15) is 9.46 Å². The van der Waals surface area contributed by atoms with Crippen molar-refractivity contribution in [1.82, 2.24) is 0 Å². The van der Waals surface area contributed by atoms with Crippen molar-refractivity contribution in [3.8, 4) is 0 Å². The summed E-state index contributed by atoms with van der Waals surface area (Å²) in [6.07, 6.45) is -0.135. The topological polar surface area (TPSA) is 92.7 Å². The number of phosphoric acid groups is 1. The van der Waals surface area contributed by atoms with Gasteiger partial charge in [-0.25, -0.2) is 4.57 Å². The fourth-order valence-electron chi connectivity index (χ4n) is 2.48. The first-order valence-corrected chi connectivity index (χ1v) is 9.34. The van der Waals surface area contributed by atoms with E-state index in [0.717, 1.165) is 6.42 Å². The second-order valence-corrected chi connectivity index (χ2v) is 6.83.